The zero-order valence-corrected chi connectivity index (χ0v) is 14.9. The molecule has 1 fully saturated rings. The molecule has 1 saturated heterocycles. The number of ketones is 1. The van der Waals surface area contributed by atoms with Crippen molar-refractivity contribution in [1.29, 1.82) is 0 Å². The van der Waals surface area contributed by atoms with E-state index in [-0.39, 0.29) is 17.5 Å². The Labute approximate surface area is 156 Å². The molecule has 1 amide bonds. The molecule has 2 atom stereocenters. The lowest BCUT2D eigenvalue weighted by molar-refractivity contribution is -0.142. The molecule has 3 rings (SSSR count). The third kappa shape index (κ3) is 4.43. The van der Waals surface area contributed by atoms with E-state index >= 15 is 0 Å². The standard InChI is InChI=1S/C20H21NO6/c1-12(22)13-4-6-14(7-5-13)16-8-9-17(27-16)19(23)21-18(20(24)25)15-3-2-10-26-11-15/h4-9,15,18H,2-3,10-11H2,1H3,(H,21,23)(H,24,25). The number of carboxylic acids is 1. The van der Waals surface area contributed by atoms with Crippen LogP contribution in [0.1, 0.15) is 40.7 Å². The van der Waals surface area contributed by atoms with Gasteiger partial charge in [-0.15, -0.1) is 0 Å². The van der Waals surface area contributed by atoms with Crippen molar-refractivity contribution in [1.82, 2.24) is 5.32 Å². The first-order valence-corrected chi connectivity index (χ1v) is 8.78. The molecular formula is C20H21NO6. The van der Waals surface area contributed by atoms with Gasteiger partial charge in [0.05, 0.1) is 6.61 Å². The molecule has 1 aliphatic heterocycles. The number of hydrogen-bond acceptors (Lipinski definition) is 5. The molecule has 0 radical (unpaired) electrons. The fourth-order valence-electron chi connectivity index (χ4n) is 3.11. The number of benzene rings is 1. The molecule has 2 aromatic rings. The van der Waals surface area contributed by atoms with Gasteiger partial charge in [0, 0.05) is 23.7 Å². The van der Waals surface area contributed by atoms with Gasteiger partial charge in [0.15, 0.2) is 11.5 Å². The highest BCUT2D eigenvalue weighted by molar-refractivity contribution is 5.95. The van der Waals surface area contributed by atoms with Crippen LogP contribution in [0.3, 0.4) is 0 Å². The van der Waals surface area contributed by atoms with Crippen molar-refractivity contribution in [3.63, 3.8) is 0 Å². The van der Waals surface area contributed by atoms with E-state index in [1.807, 2.05) is 0 Å². The normalized spacial score (nSPS) is 17.9. The summed E-state index contributed by atoms with van der Waals surface area (Å²) >= 11 is 0. The van der Waals surface area contributed by atoms with Crippen LogP contribution in [0, 0.1) is 5.92 Å². The van der Waals surface area contributed by atoms with E-state index in [1.54, 1.807) is 30.3 Å². The number of rotatable bonds is 6. The maximum Gasteiger partial charge on any atom is 0.326 e. The van der Waals surface area contributed by atoms with Crippen molar-refractivity contribution in [2.45, 2.75) is 25.8 Å². The number of ether oxygens (including phenoxy) is 1. The van der Waals surface area contributed by atoms with Crippen LogP contribution in [0.25, 0.3) is 11.3 Å². The Bertz CT molecular complexity index is 832. The van der Waals surface area contributed by atoms with Crippen molar-refractivity contribution < 1.29 is 28.6 Å². The number of amides is 1. The maximum atomic E-state index is 12.4. The van der Waals surface area contributed by atoms with Crippen LogP contribution in [0.2, 0.25) is 0 Å². The highest BCUT2D eigenvalue weighted by Gasteiger charge is 2.32. The van der Waals surface area contributed by atoms with Crippen LogP contribution < -0.4 is 5.32 Å². The number of carbonyl (C=O) groups excluding carboxylic acids is 2. The number of Topliss-reactive ketones (excluding diaryl/α,β-unsaturated/α-hetero) is 1. The molecule has 2 heterocycles. The van der Waals surface area contributed by atoms with Crippen LogP contribution in [-0.4, -0.2) is 42.0 Å². The zero-order chi connectivity index (χ0) is 19.4. The first-order valence-electron chi connectivity index (χ1n) is 8.78. The van der Waals surface area contributed by atoms with Crippen LogP contribution in [-0.2, 0) is 9.53 Å². The molecule has 7 heteroatoms. The summed E-state index contributed by atoms with van der Waals surface area (Å²) in [6, 6.07) is 8.94. The largest absolute Gasteiger partial charge is 0.480 e. The first kappa shape index (κ1) is 18.8. The fraction of sp³-hybridized carbons (Fsp3) is 0.350. The van der Waals surface area contributed by atoms with E-state index in [9.17, 15) is 19.5 Å². The molecule has 2 unspecified atom stereocenters. The monoisotopic (exact) mass is 371 g/mol. The zero-order valence-electron chi connectivity index (χ0n) is 14.9. The van der Waals surface area contributed by atoms with Crippen LogP contribution >= 0.6 is 0 Å². The Hall–Kier alpha value is -2.93. The Morgan fingerprint density at radius 1 is 1.15 bits per heavy atom. The van der Waals surface area contributed by atoms with Gasteiger partial charge in [-0.2, -0.15) is 0 Å². The predicted octanol–water partition coefficient (Wildman–Crippen LogP) is 2.76. The molecule has 0 aliphatic carbocycles. The van der Waals surface area contributed by atoms with Gasteiger partial charge in [-0.1, -0.05) is 24.3 Å². The number of hydrogen-bond donors (Lipinski definition) is 2. The third-order valence-electron chi connectivity index (χ3n) is 4.63. The lowest BCUT2D eigenvalue weighted by Crippen LogP contribution is -2.48. The first-order chi connectivity index (χ1) is 13.0. The number of aliphatic carboxylic acids is 1. The highest BCUT2D eigenvalue weighted by Crippen LogP contribution is 2.23. The van der Waals surface area contributed by atoms with Crippen molar-refractivity contribution in [2.75, 3.05) is 13.2 Å². The molecule has 1 aliphatic rings. The molecule has 2 N–H and O–H groups in total. The Morgan fingerprint density at radius 3 is 2.48 bits per heavy atom. The van der Waals surface area contributed by atoms with Crippen LogP contribution in [0.5, 0.6) is 0 Å². The second kappa shape index (κ2) is 8.18. The molecular weight excluding hydrogens is 350 g/mol. The summed E-state index contributed by atoms with van der Waals surface area (Å²) in [5.74, 6) is -1.49. The fourth-order valence-corrected chi connectivity index (χ4v) is 3.11. The summed E-state index contributed by atoms with van der Waals surface area (Å²) < 4.78 is 10.9. The second-order valence-electron chi connectivity index (χ2n) is 6.56. The van der Waals surface area contributed by atoms with Crippen molar-refractivity contribution >= 4 is 17.7 Å². The minimum Gasteiger partial charge on any atom is -0.480 e. The van der Waals surface area contributed by atoms with Crippen LogP contribution in [0.4, 0.5) is 0 Å². The average Bonchev–Trinajstić information content (AvgIpc) is 3.17. The van der Waals surface area contributed by atoms with Crippen molar-refractivity contribution in [3.8, 4) is 11.3 Å². The summed E-state index contributed by atoms with van der Waals surface area (Å²) in [6.45, 7) is 2.41. The smallest absolute Gasteiger partial charge is 0.326 e. The third-order valence-corrected chi connectivity index (χ3v) is 4.63. The summed E-state index contributed by atoms with van der Waals surface area (Å²) in [5, 5.41) is 12.0. The Balaban J connectivity index is 1.71. The Morgan fingerprint density at radius 2 is 1.89 bits per heavy atom. The minimum atomic E-state index is -1.09. The van der Waals surface area contributed by atoms with Crippen molar-refractivity contribution in [2.24, 2.45) is 5.92 Å². The number of furan rings is 1. The second-order valence-corrected chi connectivity index (χ2v) is 6.56. The SMILES string of the molecule is CC(=O)c1ccc(-c2ccc(C(=O)NC(C(=O)O)C3CCCOC3)o2)cc1. The lowest BCUT2D eigenvalue weighted by atomic mass is 9.93. The molecule has 0 bridgehead atoms. The molecule has 0 saturated carbocycles. The quantitative estimate of drug-likeness (QED) is 0.757. The summed E-state index contributed by atoms with van der Waals surface area (Å²) in [4.78, 5) is 35.3. The van der Waals surface area contributed by atoms with Gasteiger partial charge in [-0.05, 0) is 31.9 Å². The predicted molar refractivity (Wildman–Crippen MR) is 96.6 cm³/mol. The molecule has 142 valence electrons. The van der Waals surface area contributed by atoms with E-state index in [4.69, 9.17) is 9.15 Å². The van der Waals surface area contributed by atoms with Crippen LogP contribution in [0.15, 0.2) is 40.8 Å². The average molecular weight is 371 g/mol. The van der Waals surface area contributed by atoms with Gasteiger partial charge in [0.1, 0.15) is 11.8 Å². The minimum absolute atomic E-state index is 0.0311. The molecule has 0 spiro atoms. The summed E-state index contributed by atoms with van der Waals surface area (Å²) in [6.07, 6.45) is 1.45. The Kier molecular flexibility index (Phi) is 5.71. The number of nitrogens with one attached hydrogen (secondary N) is 1. The van der Waals surface area contributed by atoms with Gasteiger partial charge in [0.25, 0.3) is 5.91 Å². The summed E-state index contributed by atoms with van der Waals surface area (Å²) in [7, 11) is 0. The van der Waals surface area contributed by atoms with Crippen molar-refractivity contribution in [3.05, 3.63) is 47.7 Å². The molecule has 1 aromatic carbocycles. The molecule has 27 heavy (non-hydrogen) atoms. The van der Waals surface area contributed by atoms with Gasteiger partial charge in [-0.3, -0.25) is 9.59 Å². The lowest BCUT2D eigenvalue weighted by Gasteiger charge is -2.27. The van der Waals surface area contributed by atoms with E-state index < -0.39 is 17.9 Å². The van der Waals surface area contributed by atoms with Gasteiger partial charge < -0.3 is 19.6 Å². The summed E-state index contributed by atoms with van der Waals surface area (Å²) in [5.41, 5.74) is 1.30. The van der Waals surface area contributed by atoms with Gasteiger partial charge >= 0.3 is 5.97 Å². The topological polar surface area (TPSA) is 106 Å². The number of carboxylic acid groups (broad SMARTS) is 1. The highest BCUT2D eigenvalue weighted by atomic mass is 16.5. The van der Waals surface area contributed by atoms with E-state index in [2.05, 4.69) is 5.32 Å². The number of carbonyl (C=O) groups is 3. The van der Waals surface area contributed by atoms with E-state index in [1.165, 1.54) is 13.0 Å². The molecule has 1 aromatic heterocycles. The van der Waals surface area contributed by atoms with E-state index in [0.29, 0.717) is 31.0 Å². The van der Waals surface area contributed by atoms with Gasteiger partial charge in [-0.25, -0.2) is 4.79 Å². The van der Waals surface area contributed by atoms with E-state index in [0.717, 1.165) is 12.0 Å². The maximum absolute atomic E-state index is 12.4. The molecule has 7 nitrogen and oxygen atoms in total. The van der Waals surface area contributed by atoms with Gasteiger partial charge in [0.2, 0.25) is 0 Å².